The van der Waals surface area contributed by atoms with Crippen LogP contribution in [0.25, 0.3) is 0 Å². The molecule has 180 valence electrons. The molecule has 0 fully saturated rings. The Balaban J connectivity index is 2.41. The van der Waals surface area contributed by atoms with E-state index in [4.69, 9.17) is 23.2 Å². The number of nitrogens with one attached hydrogen (secondary N) is 1. The third kappa shape index (κ3) is 7.62. The van der Waals surface area contributed by atoms with Crippen molar-refractivity contribution in [3.8, 4) is 0 Å². The quantitative estimate of drug-likeness (QED) is 0.548. The SMILES string of the molecule is Cc1ccc(CN(C(=O)CN(c2ccc(Cl)cc2Cl)S(C)(=O)=O)C(C)C(=O)NC(C)C)cc1. The molecule has 0 heterocycles. The predicted octanol–water partition coefficient (Wildman–Crippen LogP) is 4.01. The molecular formula is C23H29Cl2N3O4S. The van der Waals surface area contributed by atoms with E-state index in [1.54, 1.807) is 6.92 Å². The summed E-state index contributed by atoms with van der Waals surface area (Å²) in [4.78, 5) is 27.5. The maximum atomic E-state index is 13.4. The molecule has 0 radical (unpaired) electrons. The van der Waals surface area contributed by atoms with E-state index in [0.717, 1.165) is 21.7 Å². The van der Waals surface area contributed by atoms with Crippen molar-refractivity contribution in [1.82, 2.24) is 10.2 Å². The molecule has 10 heteroatoms. The summed E-state index contributed by atoms with van der Waals surface area (Å²) in [5, 5.41) is 3.23. The molecule has 2 rings (SSSR count). The van der Waals surface area contributed by atoms with Gasteiger partial charge in [-0.2, -0.15) is 0 Å². The molecule has 33 heavy (non-hydrogen) atoms. The zero-order valence-corrected chi connectivity index (χ0v) is 21.6. The zero-order valence-electron chi connectivity index (χ0n) is 19.3. The van der Waals surface area contributed by atoms with E-state index >= 15 is 0 Å². The van der Waals surface area contributed by atoms with Gasteiger partial charge in [0.25, 0.3) is 0 Å². The fraction of sp³-hybridized carbons (Fsp3) is 0.391. The fourth-order valence-electron chi connectivity index (χ4n) is 3.16. The normalized spacial score (nSPS) is 12.4. The van der Waals surface area contributed by atoms with Crippen LogP contribution in [0.5, 0.6) is 0 Å². The van der Waals surface area contributed by atoms with Gasteiger partial charge in [0.2, 0.25) is 21.8 Å². The molecule has 1 atom stereocenters. The Morgan fingerprint density at radius 2 is 1.64 bits per heavy atom. The van der Waals surface area contributed by atoms with Crippen molar-refractivity contribution >= 4 is 50.7 Å². The predicted molar refractivity (Wildman–Crippen MR) is 133 cm³/mol. The number of nitrogens with zero attached hydrogens (tertiary/aromatic N) is 2. The number of carbonyl (C=O) groups is 2. The van der Waals surface area contributed by atoms with Gasteiger partial charge in [-0.25, -0.2) is 8.42 Å². The number of benzene rings is 2. The van der Waals surface area contributed by atoms with Crippen molar-refractivity contribution in [2.24, 2.45) is 0 Å². The van der Waals surface area contributed by atoms with Crippen LogP contribution in [0.2, 0.25) is 10.0 Å². The van der Waals surface area contributed by atoms with Crippen LogP contribution in [0, 0.1) is 6.92 Å². The number of hydrogen-bond acceptors (Lipinski definition) is 4. The van der Waals surface area contributed by atoms with E-state index < -0.39 is 28.5 Å². The minimum atomic E-state index is -3.87. The molecule has 0 aliphatic heterocycles. The van der Waals surface area contributed by atoms with Gasteiger partial charge in [0.15, 0.2) is 0 Å². The van der Waals surface area contributed by atoms with Crippen LogP contribution in [0.1, 0.15) is 31.9 Å². The lowest BCUT2D eigenvalue weighted by atomic mass is 10.1. The maximum Gasteiger partial charge on any atom is 0.244 e. The van der Waals surface area contributed by atoms with Crippen LogP contribution in [-0.4, -0.2) is 50.0 Å². The molecule has 0 aromatic heterocycles. The maximum absolute atomic E-state index is 13.4. The van der Waals surface area contributed by atoms with E-state index in [2.05, 4.69) is 5.32 Å². The first-order valence-corrected chi connectivity index (χ1v) is 13.0. The first-order valence-electron chi connectivity index (χ1n) is 10.4. The van der Waals surface area contributed by atoms with Crippen LogP contribution < -0.4 is 9.62 Å². The Hall–Kier alpha value is -2.29. The summed E-state index contributed by atoms with van der Waals surface area (Å²) in [6, 6.07) is 11.0. The van der Waals surface area contributed by atoms with Crippen molar-refractivity contribution in [1.29, 1.82) is 0 Å². The zero-order chi connectivity index (χ0) is 24.9. The molecule has 0 aliphatic carbocycles. The Morgan fingerprint density at radius 3 is 2.15 bits per heavy atom. The number of rotatable bonds is 9. The molecule has 1 N–H and O–H groups in total. The molecule has 0 aliphatic rings. The van der Waals surface area contributed by atoms with Crippen molar-refractivity contribution in [2.75, 3.05) is 17.1 Å². The van der Waals surface area contributed by atoms with Crippen LogP contribution >= 0.6 is 23.2 Å². The van der Waals surface area contributed by atoms with Crippen LogP contribution in [-0.2, 0) is 26.2 Å². The average molecular weight is 514 g/mol. The lowest BCUT2D eigenvalue weighted by molar-refractivity contribution is -0.139. The van der Waals surface area contributed by atoms with Crippen molar-refractivity contribution in [3.63, 3.8) is 0 Å². The summed E-state index contributed by atoms with van der Waals surface area (Å²) < 4.78 is 26.0. The molecule has 2 aromatic carbocycles. The van der Waals surface area contributed by atoms with Gasteiger partial charge in [0.1, 0.15) is 12.6 Å². The number of sulfonamides is 1. The Labute approximate surface area is 205 Å². The number of carbonyl (C=O) groups excluding carboxylic acids is 2. The number of amides is 2. The van der Waals surface area contributed by atoms with E-state index in [1.165, 1.54) is 23.1 Å². The lowest BCUT2D eigenvalue weighted by Gasteiger charge is -2.32. The smallest absolute Gasteiger partial charge is 0.244 e. The first-order chi connectivity index (χ1) is 15.3. The molecule has 0 bridgehead atoms. The number of aryl methyl sites for hydroxylation is 1. The van der Waals surface area contributed by atoms with Crippen LogP contribution in [0.15, 0.2) is 42.5 Å². The highest BCUT2D eigenvalue weighted by molar-refractivity contribution is 7.92. The van der Waals surface area contributed by atoms with Crippen molar-refractivity contribution in [3.05, 3.63) is 63.6 Å². The van der Waals surface area contributed by atoms with E-state index in [9.17, 15) is 18.0 Å². The van der Waals surface area contributed by atoms with Gasteiger partial charge in [0, 0.05) is 17.6 Å². The Bertz CT molecular complexity index is 1110. The van der Waals surface area contributed by atoms with E-state index in [-0.39, 0.29) is 29.2 Å². The van der Waals surface area contributed by atoms with Gasteiger partial charge >= 0.3 is 0 Å². The molecule has 2 amide bonds. The van der Waals surface area contributed by atoms with E-state index in [0.29, 0.717) is 5.02 Å². The summed E-state index contributed by atoms with van der Waals surface area (Å²) in [6.07, 6.45) is 0.991. The van der Waals surface area contributed by atoms with Crippen molar-refractivity contribution < 1.29 is 18.0 Å². The van der Waals surface area contributed by atoms with Gasteiger partial charge in [-0.15, -0.1) is 0 Å². The van der Waals surface area contributed by atoms with Crippen molar-refractivity contribution in [2.45, 2.75) is 46.3 Å². The van der Waals surface area contributed by atoms with Gasteiger partial charge in [-0.1, -0.05) is 53.0 Å². The molecule has 0 saturated carbocycles. The monoisotopic (exact) mass is 513 g/mol. The molecular weight excluding hydrogens is 485 g/mol. The number of hydrogen-bond donors (Lipinski definition) is 1. The third-order valence-corrected chi connectivity index (χ3v) is 6.59. The summed E-state index contributed by atoms with van der Waals surface area (Å²) in [7, 11) is -3.87. The van der Waals surface area contributed by atoms with Gasteiger partial charge in [0.05, 0.1) is 17.0 Å². The van der Waals surface area contributed by atoms with Crippen LogP contribution in [0.3, 0.4) is 0 Å². The minimum absolute atomic E-state index is 0.0939. The topological polar surface area (TPSA) is 86.8 Å². The summed E-state index contributed by atoms with van der Waals surface area (Å²) in [6.45, 7) is 6.83. The van der Waals surface area contributed by atoms with Gasteiger partial charge in [-0.3, -0.25) is 13.9 Å². The molecule has 7 nitrogen and oxygen atoms in total. The highest BCUT2D eigenvalue weighted by Crippen LogP contribution is 2.30. The molecule has 2 aromatic rings. The highest BCUT2D eigenvalue weighted by Gasteiger charge is 2.31. The summed E-state index contributed by atoms with van der Waals surface area (Å²) >= 11 is 12.2. The second-order valence-corrected chi connectivity index (χ2v) is 11.0. The first kappa shape index (κ1) is 27.0. The second kappa shape index (κ2) is 11.2. The fourth-order valence-corrected chi connectivity index (χ4v) is 4.58. The molecule has 0 spiro atoms. The highest BCUT2D eigenvalue weighted by atomic mass is 35.5. The number of anilines is 1. The second-order valence-electron chi connectivity index (χ2n) is 8.21. The van der Waals surface area contributed by atoms with Gasteiger partial charge in [-0.05, 0) is 51.5 Å². The minimum Gasteiger partial charge on any atom is -0.352 e. The summed E-state index contributed by atoms with van der Waals surface area (Å²) in [5.74, 6) is -0.876. The number of halogens is 2. The third-order valence-electron chi connectivity index (χ3n) is 4.93. The standard InChI is InChI=1S/C23H29Cl2N3O4S/c1-15(2)26-23(30)17(4)27(13-18-8-6-16(3)7-9-18)22(29)14-28(33(5,31)32)21-11-10-19(24)12-20(21)25/h6-12,15,17H,13-14H2,1-5H3,(H,26,30). The van der Waals surface area contributed by atoms with Gasteiger partial charge < -0.3 is 10.2 Å². The van der Waals surface area contributed by atoms with Crippen LogP contribution in [0.4, 0.5) is 5.69 Å². The lowest BCUT2D eigenvalue weighted by Crippen LogP contribution is -2.52. The Kier molecular flexibility index (Phi) is 9.17. The van der Waals surface area contributed by atoms with E-state index in [1.807, 2.05) is 45.0 Å². The molecule has 0 saturated heterocycles. The Morgan fingerprint density at radius 1 is 1.03 bits per heavy atom. The average Bonchev–Trinajstić information content (AvgIpc) is 2.70. The largest absolute Gasteiger partial charge is 0.352 e. The summed E-state index contributed by atoms with van der Waals surface area (Å²) in [5.41, 5.74) is 2.00. The molecule has 1 unspecified atom stereocenters.